The summed E-state index contributed by atoms with van der Waals surface area (Å²) in [5, 5.41) is 8.86. The Morgan fingerprint density at radius 3 is 2.91 bits per heavy atom. The number of benzene rings is 1. The van der Waals surface area contributed by atoms with E-state index in [2.05, 4.69) is 30.0 Å². The van der Waals surface area contributed by atoms with Crippen LogP contribution in [-0.4, -0.2) is 39.5 Å². The minimum atomic E-state index is -3.69. The lowest BCUT2D eigenvalue weighted by atomic mass is 10.3. The minimum absolute atomic E-state index is 0.0852. The van der Waals surface area contributed by atoms with Crippen molar-refractivity contribution >= 4 is 11.7 Å². The van der Waals surface area contributed by atoms with Crippen molar-refractivity contribution in [1.29, 1.82) is 0 Å². The van der Waals surface area contributed by atoms with Gasteiger partial charge in [0.05, 0.1) is 6.54 Å². The average molecular weight is 311 g/mol. The third-order valence-electron chi connectivity index (χ3n) is 2.85. The van der Waals surface area contributed by atoms with Crippen LogP contribution in [0.15, 0.2) is 24.5 Å². The summed E-state index contributed by atoms with van der Waals surface area (Å²) < 4.78 is 34.4. The predicted octanol–water partition coefficient (Wildman–Crippen LogP) is 1.79. The van der Waals surface area contributed by atoms with E-state index in [1.165, 1.54) is 29.4 Å². The molecule has 1 aromatic carbocycles. The van der Waals surface area contributed by atoms with Crippen LogP contribution in [0.1, 0.15) is 5.82 Å². The number of urea groups is 1. The number of aromatic amines is 1. The van der Waals surface area contributed by atoms with Crippen molar-refractivity contribution in [3.8, 4) is 11.5 Å². The molecule has 0 bridgehead atoms. The lowest BCUT2D eigenvalue weighted by Gasteiger charge is -2.16. The quantitative estimate of drug-likeness (QED) is 0.901. The summed E-state index contributed by atoms with van der Waals surface area (Å²) in [5.74, 6) is 0.293. The van der Waals surface area contributed by atoms with Crippen LogP contribution in [0.3, 0.4) is 0 Å². The molecule has 1 aliphatic heterocycles. The number of aromatic nitrogens is 3. The fourth-order valence-corrected chi connectivity index (χ4v) is 1.85. The van der Waals surface area contributed by atoms with Gasteiger partial charge in [-0.05, 0) is 12.1 Å². The number of H-pyrrole nitrogens is 1. The number of nitrogens with one attached hydrogen (secondary N) is 2. The summed E-state index contributed by atoms with van der Waals surface area (Å²) in [5.41, 5.74) is 0.300. The number of ether oxygens (including phenoxy) is 2. The number of hydrogen-bond acceptors (Lipinski definition) is 5. The molecule has 1 aliphatic rings. The van der Waals surface area contributed by atoms with Gasteiger partial charge in [-0.2, -0.15) is 5.10 Å². The van der Waals surface area contributed by atoms with Crippen molar-refractivity contribution in [3.63, 3.8) is 0 Å². The Morgan fingerprint density at radius 2 is 2.18 bits per heavy atom. The second-order valence-corrected chi connectivity index (χ2v) is 4.55. The molecular formula is C12H11F2N5O3. The van der Waals surface area contributed by atoms with Crippen molar-refractivity contribution in [2.45, 2.75) is 12.8 Å². The molecule has 3 rings (SSSR count). The number of amides is 2. The predicted molar refractivity (Wildman–Crippen MR) is 69.5 cm³/mol. The van der Waals surface area contributed by atoms with E-state index in [9.17, 15) is 13.6 Å². The van der Waals surface area contributed by atoms with Gasteiger partial charge in [0.1, 0.15) is 12.2 Å². The Labute approximate surface area is 123 Å². The molecule has 2 aromatic rings. The molecule has 2 heterocycles. The third-order valence-corrected chi connectivity index (χ3v) is 2.85. The Morgan fingerprint density at radius 1 is 1.41 bits per heavy atom. The van der Waals surface area contributed by atoms with Crippen LogP contribution >= 0.6 is 0 Å². The standard InChI is InChI=1S/C12H11F2N5O3/c1-19(5-10-15-6-16-18-10)11(20)17-7-2-3-8-9(4-7)22-12(13,14)21-8/h2-4,6H,5H2,1H3,(H,17,20)(H,15,16,18). The SMILES string of the molecule is CN(Cc1ncn[nH]1)C(=O)Nc1ccc2c(c1)OC(F)(F)O2. The zero-order valence-electron chi connectivity index (χ0n) is 11.3. The monoisotopic (exact) mass is 311 g/mol. The maximum atomic E-state index is 12.9. The lowest BCUT2D eigenvalue weighted by molar-refractivity contribution is -0.286. The summed E-state index contributed by atoms with van der Waals surface area (Å²) in [6, 6.07) is 3.55. The van der Waals surface area contributed by atoms with Gasteiger partial charge in [0.25, 0.3) is 0 Å². The number of nitrogens with zero attached hydrogens (tertiary/aromatic N) is 3. The van der Waals surface area contributed by atoms with E-state index in [1.807, 2.05) is 0 Å². The van der Waals surface area contributed by atoms with Crippen molar-refractivity contribution in [1.82, 2.24) is 20.1 Å². The van der Waals surface area contributed by atoms with Gasteiger partial charge < -0.3 is 19.7 Å². The van der Waals surface area contributed by atoms with E-state index in [1.54, 1.807) is 7.05 Å². The van der Waals surface area contributed by atoms with Crippen molar-refractivity contribution in [2.24, 2.45) is 0 Å². The first-order valence-corrected chi connectivity index (χ1v) is 6.19. The Hall–Kier alpha value is -2.91. The summed E-state index contributed by atoms with van der Waals surface area (Å²) in [6.07, 6.45) is -2.35. The smallest absolute Gasteiger partial charge is 0.395 e. The molecule has 10 heteroatoms. The molecule has 0 aliphatic carbocycles. The fourth-order valence-electron chi connectivity index (χ4n) is 1.85. The van der Waals surface area contributed by atoms with Crippen LogP contribution in [0, 0.1) is 0 Å². The van der Waals surface area contributed by atoms with E-state index >= 15 is 0 Å². The number of carbonyl (C=O) groups excluding carboxylic acids is 1. The van der Waals surface area contributed by atoms with Gasteiger partial charge in [-0.15, -0.1) is 8.78 Å². The van der Waals surface area contributed by atoms with E-state index < -0.39 is 12.3 Å². The van der Waals surface area contributed by atoms with Gasteiger partial charge >= 0.3 is 12.3 Å². The first-order chi connectivity index (χ1) is 10.4. The molecule has 0 fully saturated rings. The second-order valence-electron chi connectivity index (χ2n) is 4.55. The maximum Gasteiger partial charge on any atom is 0.586 e. The van der Waals surface area contributed by atoms with E-state index in [0.717, 1.165) is 0 Å². The number of fused-ring (bicyclic) bond motifs is 1. The lowest BCUT2D eigenvalue weighted by Crippen LogP contribution is -2.31. The Bertz CT molecular complexity index is 692. The summed E-state index contributed by atoms with van der Waals surface area (Å²) >= 11 is 0. The molecule has 0 radical (unpaired) electrons. The van der Waals surface area contributed by atoms with Crippen molar-refractivity contribution in [3.05, 3.63) is 30.4 Å². The summed E-state index contributed by atoms with van der Waals surface area (Å²) in [6.45, 7) is 0.217. The van der Waals surface area contributed by atoms with Gasteiger partial charge in [-0.1, -0.05) is 0 Å². The molecule has 116 valence electrons. The minimum Gasteiger partial charge on any atom is -0.395 e. The second kappa shape index (κ2) is 5.13. The van der Waals surface area contributed by atoms with E-state index in [-0.39, 0.29) is 18.0 Å². The number of carbonyl (C=O) groups is 1. The van der Waals surface area contributed by atoms with Gasteiger partial charge in [0.15, 0.2) is 11.5 Å². The summed E-state index contributed by atoms with van der Waals surface area (Å²) in [7, 11) is 1.55. The topological polar surface area (TPSA) is 92.4 Å². The highest BCUT2D eigenvalue weighted by Crippen LogP contribution is 2.42. The first kappa shape index (κ1) is 14.0. The molecule has 2 N–H and O–H groups in total. The number of anilines is 1. The van der Waals surface area contributed by atoms with Gasteiger partial charge in [0, 0.05) is 18.8 Å². The summed E-state index contributed by atoms with van der Waals surface area (Å²) in [4.78, 5) is 17.2. The van der Waals surface area contributed by atoms with E-state index in [4.69, 9.17) is 0 Å². The van der Waals surface area contributed by atoms with Gasteiger partial charge in [-0.3, -0.25) is 5.10 Å². The molecule has 0 saturated carbocycles. The Balaban J connectivity index is 1.65. The average Bonchev–Trinajstić information content (AvgIpc) is 3.03. The molecule has 2 amide bonds. The zero-order valence-corrected chi connectivity index (χ0v) is 11.3. The van der Waals surface area contributed by atoms with Crippen LogP contribution in [0.2, 0.25) is 0 Å². The van der Waals surface area contributed by atoms with Crippen LogP contribution in [0.4, 0.5) is 19.3 Å². The first-order valence-electron chi connectivity index (χ1n) is 6.19. The molecule has 1 aromatic heterocycles. The Kier molecular flexibility index (Phi) is 3.28. The van der Waals surface area contributed by atoms with Crippen molar-refractivity contribution in [2.75, 3.05) is 12.4 Å². The van der Waals surface area contributed by atoms with Gasteiger partial charge in [0.2, 0.25) is 0 Å². The molecule has 0 saturated heterocycles. The highest BCUT2D eigenvalue weighted by Gasteiger charge is 2.43. The zero-order chi connectivity index (χ0) is 15.7. The van der Waals surface area contributed by atoms with Crippen LogP contribution in [-0.2, 0) is 6.54 Å². The van der Waals surface area contributed by atoms with Crippen LogP contribution in [0.5, 0.6) is 11.5 Å². The molecule has 0 unspecified atom stereocenters. The number of alkyl halides is 2. The highest BCUT2D eigenvalue weighted by molar-refractivity contribution is 5.89. The molecule has 22 heavy (non-hydrogen) atoms. The van der Waals surface area contributed by atoms with Gasteiger partial charge in [-0.25, -0.2) is 9.78 Å². The normalized spacial score (nSPS) is 14.7. The van der Waals surface area contributed by atoms with Crippen LogP contribution < -0.4 is 14.8 Å². The maximum absolute atomic E-state index is 12.9. The van der Waals surface area contributed by atoms with E-state index in [0.29, 0.717) is 11.5 Å². The fraction of sp³-hybridized carbons (Fsp3) is 0.250. The third kappa shape index (κ3) is 2.90. The van der Waals surface area contributed by atoms with Crippen molar-refractivity contribution < 1.29 is 23.0 Å². The molecule has 0 atom stereocenters. The molecule has 0 spiro atoms. The number of rotatable bonds is 3. The molecular weight excluding hydrogens is 300 g/mol. The number of hydrogen-bond donors (Lipinski definition) is 2. The number of halogens is 2. The highest BCUT2D eigenvalue weighted by atomic mass is 19.3. The largest absolute Gasteiger partial charge is 0.586 e. The van der Waals surface area contributed by atoms with Crippen LogP contribution in [0.25, 0.3) is 0 Å². The molecule has 8 nitrogen and oxygen atoms in total.